The normalized spacial score (nSPS) is 21.6. The van der Waals surface area contributed by atoms with Crippen LogP contribution in [0.15, 0.2) is 36.4 Å². The summed E-state index contributed by atoms with van der Waals surface area (Å²) in [6.45, 7) is 3.07. The van der Waals surface area contributed by atoms with E-state index in [1.807, 2.05) is 25.1 Å². The number of halogens is 1. The van der Waals surface area contributed by atoms with Crippen LogP contribution >= 0.6 is 0 Å². The molecule has 0 radical (unpaired) electrons. The Balaban J connectivity index is 1.84. The lowest BCUT2D eigenvalue weighted by molar-refractivity contribution is 0.172. The van der Waals surface area contributed by atoms with Gasteiger partial charge in [0.1, 0.15) is 11.6 Å². The molecular weight excluding hydrogens is 295 g/mol. The minimum absolute atomic E-state index is 0.00555. The zero-order valence-electron chi connectivity index (χ0n) is 13.4. The van der Waals surface area contributed by atoms with Gasteiger partial charge in [0.05, 0.1) is 18.9 Å². The van der Waals surface area contributed by atoms with E-state index in [0.717, 1.165) is 22.7 Å². The molecule has 0 saturated carbocycles. The number of aliphatic hydroxyl groups excluding tert-OH is 1. The molecule has 1 N–H and O–H groups in total. The Morgan fingerprint density at radius 1 is 1.35 bits per heavy atom. The molecule has 1 saturated heterocycles. The highest BCUT2D eigenvalue weighted by atomic mass is 19.1. The number of ether oxygens (including phenoxy) is 1. The molecule has 3 rings (SSSR count). The molecule has 4 nitrogen and oxygen atoms in total. The van der Waals surface area contributed by atoms with Crippen LogP contribution < -0.4 is 4.74 Å². The molecular formula is C18H21FN2O2. The van der Waals surface area contributed by atoms with Crippen molar-refractivity contribution in [2.45, 2.75) is 32.0 Å². The van der Waals surface area contributed by atoms with Gasteiger partial charge in [-0.1, -0.05) is 12.1 Å². The number of pyridine rings is 1. The number of likely N-dealkylation sites (tertiary alicyclic amines) is 1. The zero-order valence-corrected chi connectivity index (χ0v) is 13.4. The predicted molar refractivity (Wildman–Crippen MR) is 85.7 cm³/mol. The van der Waals surface area contributed by atoms with Crippen molar-refractivity contribution in [3.63, 3.8) is 0 Å². The fourth-order valence-electron chi connectivity index (χ4n) is 3.22. The van der Waals surface area contributed by atoms with Gasteiger partial charge in [-0.15, -0.1) is 0 Å². The van der Waals surface area contributed by atoms with Crippen LogP contribution in [-0.2, 0) is 6.54 Å². The summed E-state index contributed by atoms with van der Waals surface area (Å²) < 4.78 is 18.8. The van der Waals surface area contributed by atoms with Crippen molar-refractivity contribution >= 4 is 0 Å². The van der Waals surface area contributed by atoms with Crippen LogP contribution in [0.4, 0.5) is 4.39 Å². The summed E-state index contributed by atoms with van der Waals surface area (Å²) in [7, 11) is 1.63. The third-order valence-electron chi connectivity index (χ3n) is 4.20. The summed E-state index contributed by atoms with van der Waals surface area (Å²) >= 11 is 0. The number of rotatable bonds is 4. The zero-order chi connectivity index (χ0) is 16.4. The first-order valence-corrected chi connectivity index (χ1v) is 7.74. The Labute approximate surface area is 135 Å². The Kier molecular flexibility index (Phi) is 4.59. The maximum Gasteiger partial charge on any atom is 0.123 e. The Hall–Kier alpha value is -1.98. The van der Waals surface area contributed by atoms with Crippen LogP contribution in [-0.4, -0.2) is 34.7 Å². The quantitative estimate of drug-likeness (QED) is 0.942. The van der Waals surface area contributed by atoms with Gasteiger partial charge in [0.2, 0.25) is 0 Å². The largest absolute Gasteiger partial charge is 0.497 e. The first kappa shape index (κ1) is 15.9. The number of β-amino-alcohol motifs (C(OH)–C–C–N with tert-alkyl or cyclic N) is 1. The molecule has 0 aliphatic carbocycles. The molecule has 1 aromatic carbocycles. The molecule has 0 amide bonds. The maximum absolute atomic E-state index is 13.5. The average molecular weight is 316 g/mol. The van der Waals surface area contributed by atoms with E-state index in [1.54, 1.807) is 19.2 Å². The predicted octanol–water partition coefficient (Wildman–Crippen LogP) is 2.85. The number of methoxy groups -OCH3 is 1. The molecule has 1 fully saturated rings. The first-order valence-electron chi connectivity index (χ1n) is 7.74. The van der Waals surface area contributed by atoms with Gasteiger partial charge in [-0.2, -0.15) is 0 Å². The minimum atomic E-state index is -0.407. The maximum atomic E-state index is 13.5. The van der Waals surface area contributed by atoms with Crippen molar-refractivity contribution in [3.8, 4) is 5.75 Å². The van der Waals surface area contributed by atoms with Crippen LogP contribution in [0.3, 0.4) is 0 Å². The summed E-state index contributed by atoms with van der Waals surface area (Å²) in [6.07, 6.45) is 0.196. The summed E-state index contributed by atoms with van der Waals surface area (Å²) in [6, 6.07) is 10.4. The summed E-state index contributed by atoms with van der Waals surface area (Å²) in [5.74, 6) is 0.522. The van der Waals surface area contributed by atoms with Crippen LogP contribution in [0.5, 0.6) is 5.75 Å². The molecule has 23 heavy (non-hydrogen) atoms. The van der Waals surface area contributed by atoms with E-state index in [1.165, 1.54) is 6.07 Å². The van der Waals surface area contributed by atoms with E-state index < -0.39 is 6.10 Å². The number of nitrogens with zero attached hydrogens (tertiary/aromatic N) is 2. The SMILES string of the molecule is COc1cc(C)nc(CN2C[C@H](O)C[C@H]2c2cccc(F)c2)c1. The van der Waals surface area contributed by atoms with Crippen molar-refractivity contribution in [1.29, 1.82) is 0 Å². The standard InChI is InChI=1S/C18H21FN2O2/c1-12-6-17(23-2)8-15(20-12)10-21-11-16(22)9-18(21)13-4-3-5-14(19)7-13/h3-8,16,18,22H,9-11H2,1-2H3/t16-,18+/m1/s1. The Bertz CT molecular complexity index is 692. The summed E-state index contributed by atoms with van der Waals surface area (Å²) in [4.78, 5) is 6.68. The molecule has 2 atom stereocenters. The van der Waals surface area contributed by atoms with Gasteiger partial charge in [-0.25, -0.2) is 4.39 Å². The fraction of sp³-hybridized carbons (Fsp3) is 0.389. The van der Waals surface area contributed by atoms with Crippen LogP contribution in [0.2, 0.25) is 0 Å². The number of benzene rings is 1. The third-order valence-corrected chi connectivity index (χ3v) is 4.20. The molecule has 0 spiro atoms. The second-order valence-corrected chi connectivity index (χ2v) is 6.03. The molecule has 5 heteroatoms. The number of hydrogen-bond acceptors (Lipinski definition) is 4. The van der Waals surface area contributed by atoms with Gasteiger partial charge in [0.15, 0.2) is 0 Å². The highest BCUT2D eigenvalue weighted by molar-refractivity contribution is 5.27. The average Bonchev–Trinajstić information content (AvgIpc) is 2.87. The third kappa shape index (κ3) is 3.68. The number of hydrogen-bond donors (Lipinski definition) is 1. The van der Waals surface area contributed by atoms with Crippen molar-refractivity contribution < 1.29 is 14.2 Å². The van der Waals surface area contributed by atoms with Crippen molar-refractivity contribution in [1.82, 2.24) is 9.88 Å². The first-order chi connectivity index (χ1) is 11.0. The van der Waals surface area contributed by atoms with Gasteiger partial charge >= 0.3 is 0 Å². The highest BCUT2D eigenvalue weighted by Gasteiger charge is 2.32. The van der Waals surface area contributed by atoms with E-state index in [2.05, 4.69) is 9.88 Å². The molecule has 1 aliphatic heterocycles. The number of aryl methyl sites for hydroxylation is 1. The molecule has 0 unspecified atom stereocenters. The fourth-order valence-corrected chi connectivity index (χ4v) is 3.22. The number of aliphatic hydroxyl groups is 1. The van der Waals surface area contributed by atoms with E-state index in [-0.39, 0.29) is 11.9 Å². The highest BCUT2D eigenvalue weighted by Crippen LogP contribution is 2.33. The number of aromatic nitrogens is 1. The lowest BCUT2D eigenvalue weighted by Crippen LogP contribution is -2.25. The smallest absolute Gasteiger partial charge is 0.123 e. The van der Waals surface area contributed by atoms with E-state index in [0.29, 0.717) is 19.5 Å². The van der Waals surface area contributed by atoms with Crippen molar-refractivity contribution in [3.05, 3.63) is 59.2 Å². The van der Waals surface area contributed by atoms with E-state index >= 15 is 0 Å². The summed E-state index contributed by atoms with van der Waals surface area (Å²) in [5.41, 5.74) is 2.67. The lowest BCUT2D eigenvalue weighted by Gasteiger charge is -2.24. The van der Waals surface area contributed by atoms with Gasteiger partial charge in [-0.05, 0) is 31.0 Å². The Morgan fingerprint density at radius 2 is 2.17 bits per heavy atom. The monoisotopic (exact) mass is 316 g/mol. The van der Waals surface area contributed by atoms with Crippen molar-refractivity contribution in [2.24, 2.45) is 0 Å². The topological polar surface area (TPSA) is 45.6 Å². The lowest BCUT2D eigenvalue weighted by atomic mass is 10.0. The Morgan fingerprint density at radius 3 is 2.91 bits per heavy atom. The van der Waals surface area contributed by atoms with Gasteiger partial charge < -0.3 is 9.84 Å². The van der Waals surface area contributed by atoms with Crippen molar-refractivity contribution in [2.75, 3.05) is 13.7 Å². The molecule has 2 heterocycles. The van der Waals surface area contributed by atoms with Crippen LogP contribution in [0, 0.1) is 12.7 Å². The molecule has 2 aromatic rings. The molecule has 1 aromatic heterocycles. The van der Waals surface area contributed by atoms with Gasteiger partial charge in [0, 0.05) is 37.0 Å². The molecule has 0 bridgehead atoms. The minimum Gasteiger partial charge on any atom is -0.497 e. The second-order valence-electron chi connectivity index (χ2n) is 6.03. The summed E-state index contributed by atoms with van der Waals surface area (Å²) in [5, 5.41) is 10.1. The van der Waals surface area contributed by atoms with E-state index in [9.17, 15) is 9.50 Å². The van der Waals surface area contributed by atoms with Gasteiger partial charge in [0.25, 0.3) is 0 Å². The van der Waals surface area contributed by atoms with Gasteiger partial charge in [-0.3, -0.25) is 9.88 Å². The molecule has 122 valence electrons. The second kappa shape index (κ2) is 6.64. The molecule has 1 aliphatic rings. The van der Waals surface area contributed by atoms with Crippen LogP contribution in [0.25, 0.3) is 0 Å². The van der Waals surface area contributed by atoms with Crippen LogP contribution in [0.1, 0.15) is 29.4 Å². The van der Waals surface area contributed by atoms with E-state index in [4.69, 9.17) is 4.74 Å².